The topological polar surface area (TPSA) is 128 Å². The van der Waals surface area contributed by atoms with Crippen LogP contribution in [0.25, 0.3) is 0 Å². The summed E-state index contributed by atoms with van der Waals surface area (Å²) < 4.78 is 4.91. The van der Waals surface area contributed by atoms with Gasteiger partial charge in [-0.2, -0.15) is 0 Å². The van der Waals surface area contributed by atoms with Gasteiger partial charge >= 0.3 is 5.97 Å². The Morgan fingerprint density at radius 2 is 1.66 bits per heavy atom. The van der Waals surface area contributed by atoms with Crippen LogP contribution in [-0.4, -0.2) is 35.9 Å². The number of amides is 2. The van der Waals surface area contributed by atoms with Gasteiger partial charge in [0.15, 0.2) is 6.61 Å². The van der Waals surface area contributed by atoms with Crippen LogP contribution in [0.1, 0.15) is 27.9 Å². The van der Waals surface area contributed by atoms with Crippen LogP contribution in [0.4, 0.5) is 11.4 Å². The molecule has 2 aromatic carbocycles. The van der Waals surface area contributed by atoms with Crippen LogP contribution in [0.2, 0.25) is 0 Å². The van der Waals surface area contributed by atoms with Gasteiger partial charge < -0.3 is 15.4 Å². The first kappa shape index (κ1) is 21.5. The molecule has 0 aliphatic carbocycles. The van der Waals surface area contributed by atoms with Crippen LogP contribution in [0.15, 0.2) is 42.5 Å². The van der Waals surface area contributed by atoms with E-state index < -0.39 is 29.3 Å². The van der Waals surface area contributed by atoms with Crippen LogP contribution in [0, 0.1) is 24.0 Å². The summed E-state index contributed by atoms with van der Waals surface area (Å²) in [7, 11) is 0. The van der Waals surface area contributed by atoms with E-state index in [1.165, 1.54) is 24.3 Å². The van der Waals surface area contributed by atoms with Gasteiger partial charge in [0.2, 0.25) is 0 Å². The lowest BCUT2D eigenvalue weighted by atomic mass is 10.1. The van der Waals surface area contributed by atoms with Crippen LogP contribution < -0.4 is 10.6 Å². The van der Waals surface area contributed by atoms with Gasteiger partial charge in [0, 0.05) is 29.9 Å². The number of carbonyl (C=O) groups excluding carboxylic acids is 3. The van der Waals surface area contributed by atoms with E-state index in [1.807, 2.05) is 32.0 Å². The highest BCUT2D eigenvalue weighted by Gasteiger charge is 2.12. The Morgan fingerprint density at radius 3 is 2.24 bits per heavy atom. The molecule has 0 heterocycles. The zero-order valence-electron chi connectivity index (χ0n) is 16.1. The van der Waals surface area contributed by atoms with E-state index in [4.69, 9.17) is 4.74 Å². The van der Waals surface area contributed by atoms with Crippen LogP contribution in [0.5, 0.6) is 0 Å². The smallest absolute Gasteiger partial charge is 0.308 e. The summed E-state index contributed by atoms with van der Waals surface area (Å²) in [5.74, 6) is -1.56. The molecule has 0 fully saturated rings. The van der Waals surface area contributed by atoms with Crippen molar-refractivity contribution in [3.63, 3.8) is 0 Å². The number of para-hydroxylation sites is 1. The molecule has 0 atom stereocenters. The van der Waals surface area contributed by atoms with Gasteiger partial charge in [-0.1, -0.05) is 18.2 Å². The summed E-state index contributed by atoms with van der Waals surface area (Å²) >= 11 is 0. The molecule has 2 amide bonds. The third-order valence-electron chi connectivity index (χ3n) is 4.06. The number of hydrogen-bond acceptors (Lipinski definition) is 6. The van der Waals surface area contributed by atoms with Crippen molar-refractivity contribution in [2.75, 3.05) is 18.5 Å². The lowest BCUT2D eigenvalue weighted by molar-refractivity contribution is -0.384. The van der Waals surface area contributed by atoms with Gasteiger partial charge in [-0.3, -0.25) is 24.5 Å². The number of non-ortho nitro benzene ring substituents is 1. The van der Waals surface area contributed by atoms with Gasteiger partial charge in [-0.05, 0) is 37.1 Å². The van der Waals surface area contributed by atoms with Crippen molar-refractivity contribution in [1.82, 2.24) is 5.32 Å². The first-order valence-corrected chi connectivity index (χ1v) is 8.82. The van der Waals surface area contributed by atoms with Crippen molar-refractivity contribution < 1.29 is 24.0 Å². The molecule has 29 heavy (non-hydrogen) atoms. The maximum Gasteiger partial charge on any atom is 0.308 e. The van der Waals surface area contributed by atoms with Crippen LogP contribution >= 0.6 is 0 Å². The quantitative estimate of drug-likeness (QED) is 0.399. The summed E-state index contributed by atoms with van der Waals surface area (Å²) in [6, 6.07) is 10.7. The molecule has 152 valence electrons. The van der Waals surface area contributed by atoms with E-state index in [1.54, 1.807) is 0 Å². The molecule has 0 bridgehead atoms. The molecule has 0 saturated heterocycles. The number of nitro groups is 1. The second-order valence-corrected chi connectivity index (χ2v) is 6.29. The third kappa shape index (κ3) is 6.42. The number of hydrogen-bond donors (Lipinski definition) is 2. The Hall–Kier alpha value is -3.75. The molecule has 2 aromatic rings. The van der Waals surface area contributed by atoms with Gasteiger partial charge in [0.25, 0.3) is 17.5 Å². The average molecular weight is 399 g/mol. The molecule has 0 unspecified atom stereocenters. The Morgan fingerprint density at radius 1 is 1.03 bits per heavy atom. The SMILES string of the molecule is Cc1cccc(C)c1NC(=O)COC(=O)CCNC(=O)c1ccc([N+](=O)[O-])cc1. The minimum Gasteiger partial charge on any atom is -0.456 e. The molecule has 0 aliphatic heterocycles. The Kier molecular flexibility index (Phi) is 7.41. The van der Waals surface area contributed by atoms with Crippen molar-refractivity contribution in [1.29, 1.82) is 0 Å². The summed E-state index contributed by atoms with van der Waals surface area (Å²) in [4.78, 5) is 45.7. The molecule has 9 nitrogen and oxygen atoms in total. The number of rotatable bonds is 8. The number of carbonyl (C=O) groups is 3. The summed E-state index contributed by atoms with van der Waals surface area (Å²) in [5, 5.41) is 15.8. The Bertz CT molecular complexity index is 904. The molecular weight excluding hydrogens is 378 g/mol. The molecule has 0 spiro atoms. The first-order chi connectivity index (χ1) is 13.8. The number of esters is 1. The fraction of sp³-hybridized carbons (Fsp3) is 0.250. The fourth-order valence-electron chi connectivity index (χ4n) is 2.52. The number of anilines is 1. The fourth-order valence-corrected chi connectivity index (χ4v) is 2.52. The Labute approximate surface area is 167 Å². The van der Waals surface area contributed by atoms with E-state index in [9.17, 15) is 24.5 Å². The van der Waals surface area contributed by atoms with Gasteiger partial charge in [0.1, 0.15) is 0 Å². The minimum atomic E-state index is -0.634. The van der Waals surface area contributed by atoms with Crippen molar-refractivity contribution in [3.8, 4) is 0 Å². The zero-order chi connectivity index (χ0) is 21.4. The molecule has 0 aromatic heterocycles. The second-order valence-electron chi connectivity index (χ2n) is 6.29. The standard InChI is InChI=1S/C20H21N3O6/c1-13-4-3-5-14(2)19(13)22-17(24)12-29-18(25)10-11-21-20(26)15-6-8-16(9-7-15)23(27)28/h3-9H,10-12H2,1-2H3,(H,21,26)(H,22,24). The third-order valence-corrected chi connectivity index (χ3v) is 4.06. The Balaban J connectivity index is 1.72. The number of benzene rings is 2. The molecule has 9 heteroatoms. The highest BCUT2D eigenvalue weighted by molar-refractivity contribution is 5.95. The predicted octanol–water partition coefficient (Wildman–Crippen LogP) is 2.51. The monoisotopic (exact) mass is 399 g/mol. The molecule has 0 radical (unpaired) electrons. The average Bonchev–Trinajstić information content (AvgIpc) is 2.69. The minimum absolute atomic E-state index is 0.00712. The van der Waals surface area contributed by atoms with Crippen molar-refractivity contribution >= 4 is 29.2 Å². The summed E-state index contributed by atoms with van der Waals surface area (Å²) in [6.45, 7) is 3.31. The molecule has 0 aliphatic rings. The number of nitrogens with one attached hydrogen (secondary N) is 2. The van der Waals surface area contributed by atoms with E-state index >= 15 is 0 Å². The summed E-state index contributed by atoms with van der Waals surface area (Å²) in [5.41, 5.74) is 2.60. The van der Waals surface area contributed by atoms with E-state index in [0.717, 1.165) is 11.1 Å². The van der Waals surface area contributed by atoms with Crippen molar-refractivity contribution in [3.05, 3.63) is 69.3 Å². The highest BCUT2D eigenvalue weighted by Crippen LogP contribution is 2.19. The lowest BCUT2D eigenvalue weighted by Crippen LogP contribution is -2.27. The van der Waals surface area contributed by atoms with Gasteiger partial charge in [0.05, 0.1) is 11.3 Å². The van der Waals surface area contributed by atoms with E-state index in [0.29, 0.717) is 5.69 Å². The second kappa shape index (κ2) is 9.98. The van der Waals surface area contributed by atoms with Crippen molar-refractivity contribution in [2.24, 2.45) is 0 Å². The predicted molar refractivity (Wildman–Crippen MR) is 106 cm³/mol. The largest absolute Gasteiger partial charge is 0.456 e. The number of nitrogens with zero attached hydrogens (tertiary/aromatic N) is 1. The number of aryl methyl sites for hydroxylation is 2. The first-order valence-electron chi connectivity index (χ1n) is 8.82. The maximum absolute atomic E-state index is 12.0. The van der Waals surface area contributed by atoms with E-state index in [-0.39, 0.29) is 24.2 Å². The number of nitro benzene ring substituents is 1. The molecule has 2 rings (SSSR count). The van der Waals surface area contributed by atoms with E-state index in [2.05, 4.69) is 10.6 Å². The zero-order valence-corrected chi connectivity index (χ0v) is 16.1. The number of ether oxygens (including phenoxy) is 1. The van der Waals surface area contributed by atoms with Crippen LogP contribution in [0.3, 0.4) is 0 Å². The highest BCUT2D eigenvalue weighted by atomic mass is 16.6. The van der Waals surface area contributed by atoms with Crippen LogP contribution in [-0.2, 0) is 14.3 Å². The molecule has 0 saturated carbocycles. The summed E-state index contributed by atoms with van der Waals surface area (Å²) in [6.07, 6.45) is -0.116. The molecular formula is C20H21N3O6. The maximum atomic E-state index is 12.0. The van der Waals surface area contributed by atoms with Gasteiger partial charge in [-0.15, -0.1) is 0 Å². The van der Waals surface area contributed by atoms with Gasteiger partial charge in [-0.25, -0.2) is 0 Å². The molecule has 2 N–H and O–H groups in total. The van der Waals surface area contributed by atoms with Crippen molar-refractivity contribution in [2.45, 2.75) is 20.3 Å². The normalized spacial score (nSPS) is 10.1. The lowest BCUT2D eigenvalue weighted by Gasteiger charge is -2.11.